The average molecular weight is 474 g/mol. The van der Waals surface area contributed by atoms with E-state index < -0.39 is 0 Å². The molecule has 34 heavy (non-hydrogen) atoms. The maximum absolute atomic E-state index is 13.4. The number of hydrogen-bond acceptors (Lipinski definition) is 5. The second kappa shape index (κ2) is 11.1. The van der Waals surface area contributed by atoms with Crippen molar-refractivity contribution in [3.05, 3.63) is 105 Å². The van der Waals surface area contributed by atoms with E-state index in [0.29, 0.717) is 47.1 Å². The highest BCUT2D eigenvalue weighted by Gasteiger charge is 2.13. The minimum Gasteiger partial charge on any atom is -0.383 e. The summed E-state index contributed by atoms with van der Waals surface area (Å²) in [5.74, 6) is 0.563. The molecule has 0 saturated carbocycles. The van der Waals surface area contributed by atoms with E-state index in [2.05, 4.69) is 36.5 Å². The summed E-state index contributed by atoms with van der Waals surface area (Å²) in [6.07, 6.45) is 0. The monoisotopic (exact) mass is 473 g/mol. The summed E-state index contributed by atoms with van der Waals surface area (Å²) >= 11 is 1.55. The molecule has 0 aliphatic rings. The molecule has 0 aliphatic carbocycles. The molecule has 7 heteroatoms. The number of benzene rings is 3. The third-order valence-corrected chi connectivity index (χ3v) is 6.51. The van der Waals surface area contributed by atoms with Gasteiger partial charge in [-0.2, -0.15) is 0 Å². The van der Waals surface area contributed by atoms with Crippen molar-refractivity contribution in [1.82, 2.24) is 14.9 Å². The van der Waals surface area contributed by atoms with Crippen LogP contribution in [-0.4, -0.2) is 35.7 Å². The number of hydrogen-bond donors (Lipinski definition) is 1. The zero-order chi connectivity index (χ0) is 23.9. The minimum absolute atomic E-state index is 0.0709. The van der Waals surface area contributed by atoms with Gasteiger partial charge in [0.25, 0.3) is 11.5 Å². The van der Waals surface area contributed by atoms with Crippen molar-refractivity contribution in [3.8, 4) is 0 Å². The molecule has 0 unspecified atom stereocenters. The van der Waals surface area contributed by atoms with Crippen LogP contribution in [0.1, 0.15) is 27.0 Å². The molecule has 1 heterocycles. The first-order valence-corrected chi connectivity index (χ1v) is 12.1. The first-order valence-electron chi connectivity index (χ1n) is 11.1. The number of thioether (sulfide) groups is 1. The van der Waals surface area contributed by atoms with Crippen LogP contribution < -0.4 is 10.9 Å². The Hall–Kier alpha value is -3.42. The highest BCUT2D eigenvalue weighted by atomic mass is 32.2. The van der Waals surface area contributed by atoms with Crippen LogP contribution in [0.4, 0.5) is 0 Å². The van der Waals surface area contributed by atoms with Crippen LogP contribution in [-0.2, 0) is 17.0 Å². The van der Waals surface area contributed by atoms with Crippen LogP contribution >= 0.6 is 11.8 Å². The van der Waals surface area contributed by atoms with Gasteiger partial charge in [-0.15, -0.1) is 0 Å². The van der Waals surface area contributed by atoms with Crippen LogP contribution in [0.15, 0.2) is 82.7 Å². The normalized spacial score (nSPS) is 11.0. The number of aryl methyl sites for hydroxylation is 1. The molecule has 174 valence electrons. The van der Waals surface area contributed by atoms with E-state index in [4.69, 9.17) is 9.72 Å². The van der Waals surface area contributed by atoms with E-state index in [0.717, 1.165) is 5.56 Å². The zero-order valence-electron chi connectivity index (χ0n) is 19.3. The summed E-state index contributed by atoms with van der Waals surface area (Å²) in [6.45, 7) is 3.36. The van der Waals surface area contributed by atoms with Crippen molar-refractivity contribution < 1.29 is 9.53 Å². The van der Waals surface area contributed by atoms with Crippen LogP contribution in [0.25, 0.3) is 10.9 Å². The number of amides is 1. The second-order valence-electron chi connectivity index (χ2n) is 8.02. The van der Waals surface area contributed by atoms with Crippen LogP contribution in [0.2, 0.25) is 0 Å². The molecule has 0 spiro atoms. The molecule has 0 aliphatic heterocycles. The molecule has 0 radical (unpaired) electrons. The van der Waals surface area contributed by atoms with Crippen molar-refractivity contribution in [2.75, 3.05) is 20.3 Å². The number of carbonyl (C=O) groups is 1. The Kier molecular flexibility index (Phi) is 7.77. The summed E-state index contributed by atoms with van der Waals surface area (Å²) in [5.41, 5.74) is 4.50. The van der Waals surface area contributed by atoms with Gasteiger partial charge < -0.3 is 10.1 Å². The largest absolute Gasteiger partial charge is 0.383 e. The number of fused-ring (bicyclic) bond motifs is 1. The molecule has 3 aromatic carbocycles. The van der Waals surface area contributed by atoms with Crippen molar-refractivity contribution in [3.63, 3.8) is 0 Å². The zero-order valence-corrected chi connectivity index (χ0v) is 20.1. The molecule has 0 fully saturated rings. The average Bonchev–Trinajstić information content (AvgIpc) is 2.86. The quantitative estimate of drug-likeness (QED) is 0.221. The predicted molar refractivity (Wildman–Crippen MR) is 136 cm³/mol. The Morgan fingerprint density at radius 1 is 1.00 bits per heavy atom. The van der Waals surface area contributed by atoms with Crippen molar-refractivity contribution in [1.29, 1.82) is 0 Å². The second-order valence-corrected chi connectivity index (χ2v) is 8.97. The maximum Gasteiger partial charge on any atom is 0.262 e. The highest BCUT2D eigenvalue weighted by molar-refractivity contribution is 7.98. The number of carbonyl (C=O) groups excluding carboxylic acids is 1. The Bertz CT molecular complexity index is 1330. The van der Waals surface area contributed by atoms with Crippen LogP contribution in [0.3, 0.4) is 0 Å². The van der Waals surface area contributed by atoms with Gasteiger partial charge in [0.2, 0.25) is 0 Å². The summed E-state index contributed by atoms with van der Waals surface area (Å²) < 4.78 is 6.68. The number of para-hydroxylation sites is 1. The van der Waals surface area contributed by atoms with Gasteiger partial charge in [-0.05, 0) is 42.3 Å². The molecule has 4 aromatic rings. The van der Waals surface area contributed by atoms with Gasteiger partial charge in [0, 0.05) is 25.0 Å². The lowest BCUT2D eigenvalue weighted by atomic mass is 10.1. The fraction of sp³-hybridized carbons (Fsp3) is 0.222. The summed E-state index contributed by atoms with van der Waals surface area (Å²) in [7, 11) is 1.60. The first-order chi connectivity index (χ1) is 16.5. The standard InChI is InChI=1S/C27H27N3O3S/c1-19-7-9-21(10-8-19)18-34-27-29-24-6-4-3-5-23(24)26(32)30(27)17-20-11-13-22(14-12-20)25(31)28-15-16-33-2/h3-14H,15-18H2,1-2H3,(H,28,31). The number of nitrogens with one attached hydrogen (secondary N) is 1. The van der Waals surface area contributed by atoms with E-state index in [-0.39, 0.29) is 11.5 Å². The smallest absolute Gasteiger partial charge is 0.262 e. The SMILES string of the molecule is COCCNC(=O)c1ccc(Cn2c(SCc3ccc(C)cc3)nc3ccccc3c2=O)cc1. The fourth-order valence-corrected chi connectivity index (χ4v) is 4.50. The van der Waals surface area contributed by atoms with Gasteiger partial charge >= 0.3 is 0 Å². The topological polar surface area (TPSA) is 73.2 Å². The summed E-state index contributed by atoms with van der Waals surface area (Å²) in [4.78, 5) is 30.4. The summed E-state index contributed by atoms with van der Waals surface area (Å²) in [5, 5.41) is 4.08. The molecule has 1 amide bonds. The third-order valence-electron chi connectivity index (χ3n) is 5.46. The Morgan fingerprint density at radius 3 is 2.44 bits per heavy atom. The van der Waals surface area contributed by atoms with Crippen molar-refractivity contribution in [2.45, 2.75) is 24.4 Å². The molecule has 0 bridgehead atoms. The van der Waals surface area contributed by atoms with E-state index in [1.807, 2.05) is 36.4 Å². The van der Waals surface area contributed by atoms with Gasteiger partial charge in [0.15, 0.2) is 5.16 Å². The van der Waals surface area contributed by atoms with E-state index in [1.165, 1.54) is 11.1 Å². The predicted octanol–water partition coefficient (Wildman–Crippen LogP) is 4.42. The summed E-state index contributed by atoms with van der Waals surface area (Å²) in [6, 6.07) is 23.1. The van der Waals surface area contributed by atoms with Crippen LogP contribution in [0, 0.1) is 6.92 Å². The molecule has 0 saturated heterocycles. The van der Waals surface area contributed by atoms with E-state index in [9.17, 15) is 9.59 Å². The lowest BCUT2D eigenvalue weighted by Crippen LogP contribution is -2.27. The van der Waals surface area contributed by atoms with Gasteiger partial charge in [-0.3, -0.25) is 14.2 Å². The number of nitrogens with zero attached hydrogens (tertiary/aromatic N) is 2. The molecule has 6 nitrogen and oxygen atoms in total. The molecular formula is C27H27N3O3S. The fourth-order valence-electron chi connectivity index (χ4n) is 3.54. The van der Waals surface area contributed by atoms with Gasteiger partial charge in [-0.25, -0.2) is 4.98 Å². The molecule has 1 N–H and O–H groups in total. The number of ether oxygens (including phenoxy) is 1. The molecular weight excluding hydrogens is 446 g/mol. The third kappa shape index (κ3) is 5.73. The number of aromatic nitrogens is 2. The molecule has 0 atom stereocenters. The molecule has 4 rings (SSSR count). The van der Waals surface area contributed by atoms with Crippen molar-refractivity contribution >= 4 is 28.6 Å². The lowest BCUT2D eigenvalue weighted by molar-refractivity contribution is 0.0937. The Labute approximate surface area is 203 Å². The minimum atomic E-state index is -0.150. The van der Waals surface area contributed by atoms with Gasteiger partial charge in [0.05, 0.1) is 24.1 Å². The van der Waals surface area contributed by atoms with E-state index >= 15 is 0 Å². The Morgan fingerprint density at radius 2 is 1.71 bits per heavy atom. The first kappa shape index (κ1) is 23.7. The number of methoxy groups -OCH3 is 1. The van der Waals surface area contributed by atoms with Gasteiger partial charge in [0.1, 0.15) is 0 Å². The Balaban J connectivity index is 1.59. The van der Waals surface area contributed by atoms with Crippen LogP contribution in [0.5, 0.6) is 0 Å². The number of rotatable bonds is 9. The van der Waals surface area contributed by atoms with Crippen molar-refractivity contribution in [2.24, 2.45) is 0 Å². The lowest BCUT2D eigenvalue weighted by Gasteiger charge is -2.14. The maximum atomic E-state index is 13.4. The van der Waals surface area contributed by atoms with Gasteiger partial charge in [-0.1, -0.05) is 65.9 Å². The van der Waals surface area contributed by atoms with E-state index in [1.54, 1.807) is 35.6 Å². The molecule has 1 aromatic heterocycles. The highest BCUT2D eigenvalue weighted by Crippen LogP contribution is 2.23.